The first-order valence-corrected chi connectivity index (χ1v) is 12.8. The van der Waals surface area contributed by atoms with Crippen LogP contribution in [0.1, 0.15) is 40.0 Å². The summed E-state index contributed by atoms with van der Waals surface area (Å²) in [5.74, 6) is -0.992. The van der Waals surface area contributed by atoms with E-state index in [0.717, 1.165) is 11.1 Å². The van der Waals surface area contributed by atoms with Crippen molar-refractivity contribution in [3.05, 3.63) is 142 Å². The van der Waals surface area contributed by atoms with Gasteiger partial charge in [-0.25, -0.2) is 0 Å². The van der Waals surface area contributed by atoms with Crippen LogP contribution in [0.5, 0.6) is 0 Å². The fourth-order valence-electron chi connectivity index (χ4n) is 3.88. The summed E-state index contributed by atoms with van der Waals surface area (Å²) < 4.78 is 0. The standard InChI is InChI=1S/C32H28ClN3O3/c1-22(25-8-4-2-5-9-25)34-30(37)21-24-14-18-28(19-15-24)35-32(39)29(20-23-12-16-27(33)17-13-23)36-31(38)26-10-6-3-7-11-26/h2-20,22H,21H2,1H3,(H,34,37)(H,35,39)(H,36,38)/b29-20+. The van der Waals surface area contributed by atoms with Gasteiger partial charge in [-0.3, -0.25) is 14.4 Å². The Kier molecular flexibility index (Phi) is 9.27. The van der Waals surface area contributed by atoms with Crippen LogP contribution in [-0.2, 0) is 16.0 Å². The van der Waals surface area contributed by atoms with Gasteiger partial charge in [0, 0.05) is 16.3 Å². The number of carbonyl (C=O) groups is 3. The Morgan fingerprint density at radius 1 is 0.795 bits per heavy atom. The lowest BCUT2D eigenvalue weighted by Gasteiger charge is -2.14. The number of hydrogen-bond acceptors (Lipinski definition) is 3. The average Bonchev–Trinajstić information content (AvgIpc) is 2.95. The van der Waals surface area contributed by atoms with E-state index in [9.17, 15) is 14.4 Å². The number of rotatable bonds is 9. The molecule has 0 aliphatic carbocycles. The van der Waals surface area contributed by atoms with Crippen molar-refractivity contribution in [2.75, 3.05) is 5.32 Å². The summed E-state index contributed by atoms with van der Waals surface area (Å²) in [7, 11) is 0. The third-order valence-corrected chi connectivity index (χ3v) is 6.22. The van der Waals surface area contributed by atoms with Crippen LogP contribution in [0.3, 0.4) is 0 Å². The number of anilines is 1. The van der Waals surface area contributed by atoms with E-state index in [1.807, 2.05) is 43.3 Å². The van der Waals surface area contributed by atoms with Crippen LogP contribution in [0.2, 0.25) is 5.02 Å². The lowest BCUT2D eigenvalue weighted by molar-refractivity contribution is -0.121. The quantitative estimate of drug-likeness (QED) is 0.223. The molecule has 0 bridgehead atoms. The minimum atomic E-state index is -0.489. The molecule has 3 amide bonds. The van der Waals surface area contributed by atoms with Gasteiger partial charge in [-0.1, -0.05) is 84.4 Å². The largest absolute Gasteiger partial charge is 0.349 e. The van der Waals surface area contributed by atoms with Gasteiger partial charge in [-0.15, -0.1) is 0 Å². The molecule has 6 nitrogen and oxygen atoms in total. The molecule has 4 aromatic carbocycles. The fourth-order valence-corrected chi connectivity index (χ4v) is 4.00. The highest BCUT2D eigenvalue weighted by molar-refractivity contribution is 6.30. The third kappa shape index (κ3) is 8.15. The number of halogens is 1. The zero-order valence-corrected chi connectivity index (χ0v) is 22.1. The van der Waals surface area contributed by atoms with E-state index in [1.54, 1.807) is 78.9 Å². The maximum Gasteiger partial charge on any atom is 0.272 e. The van der Waals surface area contributed by atoms with E-state index in [-0.39, 0.29) is 24.1 Å². The SMILES string of the molecule is CC(NC(=O)Cc1ccc(NC(=O)/C(=C\c2ccc(Cl)cc2)NC(=O)c2ccccc2)cc1)c1ccccc1. The number of carbonyl (C=O) groups excluding carboxylic acids is 3. The predicted molar refractivity (Wildman–Crippen MR) is 155 cm³/mol. The van der Waals surface area contributed by atoms with E-state index in [2.05, 4.69) is 16.0 Å². The summed E-state index contributed by atoms with van der Waals surface area (Å²) in [4.78, 5) is 38.5. The molecule has 1 unspecified atom stereocenters. The van der Waals surface area contributed by atoms with Crippen LogP contribution in [0.15, 0.2) is 115 Å². The highest BCUT2D eigenvalue weighted by atomic mass is 35.5. The third-order valence-electron chi connectivity index (χ3n) is 5.96. The second kappa shape index (κ2) is 13.2. The number of hydrogen-bond donors (Lipinski definition) is 3. The summed E-state index contributed by atoms with van der Waals surface area (Å²) in [5.41, 5.74) is 3.56. The molecule has 0 aliphatic heterocycles. The first kappa shape index (κ1) is 27.4. The van der Waals surface area contributed by atoms with Gasteiger partial charge in [0.05, 0.1) is 12.5 Å². The molecule has 0 saturated heterocycles. The van der Waals surface area contributed by atoms with Crippen molar-refractivity contribution < 1.29 is 14.4 Å². The maximum absolute atomic E-state index is 13.2. The molecule has 3 N–H and O–H groups in total. The lowest BCUT2D eigenvalue weighted by atomic mass is 10.1. The van der Waals surface area contributed by atoms with E-state index >= 15 is 0 Å². The van der Waals surface area contributed by atoms with Crippen molar-refractivity contribution >= 4 is 41.1 Å². The van der Waals surface area contributed by atoms with Crippen LogP contribution in [0.4, 0.5) is 5.69 Å². The lowest BCUT2D eigenvalue weighted by Crippen LogP contribution is -2.30. The van der Waals surface area contributed by atoms with E-state index in [1.165, 1.54) is 0 Å². The molecule has 0 fully saturated rings. The molecule has 196 valence electrons. The molecule has 0 saturated carbocycles. The Morgan fingerprint density at radius 2 is 1.41 bits per heavy atom. The number of benzene rings is 4. The molecular formula is C32H28ClN3O3. The first-order valence-electron chi connectivity index (χ1n) is 12.5. The molecule has 0 spiro atoms. The minimum absolute atomic E-state index is 0.0736. The van der Waals surface area contributed by atoms with E-state index in [4.69, 9.17) is 11.6 Å². The Morgan fingerprint density at radius 3 is 2.05 bits per heavy atom. The van der Waals surface area contributed by atoms with Gasteiger partial charge in [-0.05, 0) is 66.1 Å². The molecule has 4 rings (SSSR count). The molecule has 0 radical (unpaired) electrons. The van der Waals surface area contributed by atoms with Crippen molar-refractivity contribution in [1.29, 1.82) is 0 Å². The Bertz CT molecular complexity index is 1450. The zero-order valence-electron chi connectivity index (χ0n) is 21.4. The van der Waals surface area contributed by atoms with Gasteiger partial charge in [0.1, 0.15) is 5.70 Å². The monoisotopic (exact) mass is 537 g/mol. The normalized spacial score (nSPS) is 11.8. The molecule has 4 aromatic rings. The van der Waals surface area contributed by atoms with Crippen LogP contribution in [-0.4, -0.2) is 17.7 Å². The van der Waals surface area contributed by atoms with Crippen molar-refractivity contribution in [2.24, 2.45) is 0 Å². The molecule has 39 heavy (non-hydrogen) atoms. The number of nitrogens with one attached hydrogen (secondary N) is 3. The van der Waals surface area contributed by atoms with Gasteiger partial charge < -0.3 is 16.0 Å². The van der Waals surface area contributed by atoms with Crippen molar-refractivity contribution in [1.82, 2.24) is 10.6 Å². The summed E-state index contributed by atoms with van der Waals surface area (Å²) >= 11 is 5.98. The van der Waals surface area contributed by atoms with Crippen LogP contribution in [0.25, 0.3) is 6.08 Å². The highest BCUT2D eigenvalue weighted by Crippen LogP contribution is 2.16. The fraction of sp³-hybridized carbons (Fsp3) is 0.0938. The second-order valence-corrected chi connectivity index (χ2v) is 9.39. The Labute approximate surface area is 232 Å². The summed E-state index contributed by atoms with van der Waals surface area (Å²) in [6, 6.07) is 32.2. The van der Waals surface area contributed by atoms with Gasteiger partial charge in [0.25, 0.3) is 11.8 Å². The highest BCUT2D eigenvalue weighted by Gasteiger charge is 2.16. The smallest absolute Gasteiger partial charge is 0.272 e. The van der Waals surface area contributed by atoms with Crippen LogP contribution < -0.4 is 16.0 Å². The average molecular weight is 538 g/mol. The molecule has 7 heteroatoms. The summed E-state index contributed by atoms with van der Waals surface area (Å²) in [6.45, 7) is 1.94. The maximum atomic E-state index is 13.2. The van der Waals surface area contributed by atoms with Gasteiger partial charge in [0.15, 0.2) is 0 Å². The Balaban J connectivity index is 1.42. The zero-order chi connectivity index (χ0) is 27.6. The Hall–Kier alpha value is -4.68. The van der Waals surface area contributed by atoms with Gasteiger partial charge in [-0.2, -0.15) is 0 Å². The van der Waals surface area contributed by atoms with Gasteiger partial charge in [0.2, 0.25) is 5.91 Å². The second-order valence-electron chi connectivity index (χ2n) is 8.96. The first-order chi connectivity index (χ1) is 18.9. The molecule has 0 aromatic heterocycles. The van der Waals surface area contributed by atoms with Crippen molar-refractivity contribution in [3.8, 4) is 0 Å². The summed E-state index contributed by atoms with van der Waals surface area (Å²) in [6.07, 6.45) is 1.79. The molecular weight excluding hydrogens is 510 g/mol. The van der Waals surface area contributed by atoms with Crippen molar-refractivity contribution in [2.45, 2.75) is 19.4 Å². The molecule has 0 heterocycles. The molecule has 0 aliphatic rings. The molecule has 1 atom stereocenters. The van der Waals surface area contributed by atoms with Gasteiger partial charge >= 0.3 is 0 Å². The topological polar surface area (TPSA) is 87.3 Å². The van der Waals surface area contributed by atoms with Crippen LogP contribution in [0, 0.1) is 0 Å². The van der Waals surface area contributed by atoms with Crippen molar-refractivity contribution in [3.63, 3.8) is 0 Å². The van der Waals surface area contributed by atoms with Crippen LogP contribution >= 0.6 is 11.6 Å². The number of amides is 3. The van der Waals surface area contributed by atoms with E-state index < -0.39 is 11.8 Å². The summed E-state index contributed by atoms with van der Waals surface area (Å²) in [5, 5.41) is 9.09. The predicted octanol–water partition coefficient (Wildman–Crippen LogP) is 6.17. The minimum Gasteiger partial charge on any atom is -0.349 e. The van der Waals surface area contributed by atoms with E-state index in [0.29, 0.717) is 21.8 Å².